The summed E-state index contributed by atoms with van der Waals surface area (Å²) in [4.78, 5) is 71.1. The van der Waals surface area contributed by atoms with Gasteiger partial charge in [-0.3, -0.25) is 28.8 Å². The highest BCUT2D eigenvalue weighted by Crippen LogP contribution is 2.02. The molecule has 0 unspecified atom stereocenters. The van der Waals surface area contributed by atoms with Gasteiger partial charge in [0.1, 0.15) is 18.9 Å². The van der Waals surface area contributed by atoms with Crippen molar-refractivity contribution in [3.05, 3.63) is 0 Å². The zero-order chi connectivity index (χ0) is 21.0. The Morgan fingerprint density at radius 1 is 0.852 bits per heavy atom. The second-order valence-electron chi connectivity index (χ2n) is 5.85. The minimum atomic E-state index is -1.31. The monoisotopic (exact) mass is 386 g/mol. The highest BCUT2D eigenvalue weighted by molar-refractivity contribution is 5.92. The summed E-state index contributed by atoms with van der Waals surface area (Å²) in [6.07, 6.45) is -0.453. The van der Waals surface area contributed by atoms with Crippen LogP contribution in [-0.4, -0.2) is 90.4 Å². The fourth-order valence-corrected chi connectivity index (χ4v) is 2.00. The van der Waals surface area contributed by atoms with Crippen LogP contribution in [0.15, 0.2) is 0 Å². The molecule has 27 heavy (non-hydrogen) atoms. The zero-order valence-electron chi connectivity index (χ0n) is 15.5. The smallest absolute Gasteiger partial charge is 0.323 e. The standard InChI is InChI=1S/C16H26N4O7/c1-18-13(23)5-3-12(22)8-19(2)15(25)9-20(10-16(26)27)14(24)6-4-11(21)7-17/h3-10,17H2,1-2H3,(H,18,23)(H,26,27). The van der Waals surface area contributed by atoms with E-state index in [4.69, 9.17) is 10.8 Å². The van der Waals surface area contributed by atoms with Gasteiger partial charge in [0.05, 0.1) is 13.1 Å². The molecule has 0 rings (SSSR count). The number of hydrogen-bond donors (Lipinski definition) is 3. The molecule has 0 heterocycles. The number of carboxylic acids is 1. The van der Waals surface area contributed by atoms with Gasteiger partial charge in [-0.2, -0.15) is 0 Å². The number of nitrogens with two attached hydrogens (primary N) is 1. The molecule has 0 aliphatic rings. The highest BCUT2D eigenvalue weighted by atomic mass is 16.4. The van der Waals surface area contributed by atoms with Crippen LogP contribution < -0.4 is 11.1 Å². The maximum absolute atomic E-state index is 12.2. The van der Waals surface area contributed by atoms with Gasteiger partial charge in [0.2, 0.25) is 17.7 Å². The number of aliphatic carboxylic acids is 1. The summed E-state index contributed by atoms with van der Waals surface area (Å²) in [5.74, 6) is -3.63. The zero-order valence-corrected chi connectivity index (χ0v) is 15.5. The van der Waals surface area contributed by atoms with Crippen LogP contribution in [0.5, 0.6) is 0 Å². The third kappa shape index (κ3) is 10.7. The fraction of sp³-hybridized carbons (Fsp3) is 0.625. The first kappa shape index (κ1) is 24.2. The molecular weight excluding hydrogens is 360 g/mol. The molecule has 0 aromatic heterocycles. The van der Waals surface area contributed by atoms with Gasteiger partial charge in [0, 0.05) is 39.8 Å². The largest absolute Gasteiger partial charge is 0.480 e. The molecule has 3 amide bonds. The second-order valence-corrected chi connectivity index (χ2v) is 5.85. The number of hydrogen-bond acceptors (Lipinski definition) is 7. The van der Waals surface area contributed by atoms with E-state index in [9.17, 15) is 28.8 Å². The predicted octanol–water partition coefficient (Wildman–Crippen LogP) is -2.24. The van der Waals surface area contributed by atoms with E-state index in [0.29, 0.717) is 0 Å². The molecule has 0 spiro atoms. The lowest BCUT2D eigenvalue weighted by Crippen LogP contribution is -2.45. The maximum Gasteiger partial charge on any atom is 0.323 e. The Balaban J connectivity index is 4.70. The SMILES string of the molecule is CNC(=O)CCC(=O)CN(C)C(=O)CN(CC(=O)O)C(=O)CCC(=O)CN. The fourth-order valence-electron chi connectivity index (χ4n) is 2.00. The minimum Gasteiger partial charge on any atom is -0.480 e. The Labute approximate surface area is 156 Å². The third-order valence-electron chi connectivity index (χ3n) is 3.60. The first-order valence-corrected chi connectivity index (χ1v) is 8.28. The molecule has 0 saturated heterocycles. The van der Waals surface area contributed by atoms with E-state index in [0.717, 1.165) is 9.80 Å². The van der Waals surface area contributed by atoms with Gasteiger partial charge in [0.25, 0.3) is 0 Å². The summed E-state index contributed by atoms with van der Waals surface area (Å²) >= 11 is 0. The molecule has 11 nitrogen and oxygen atoms in total. The van der Waals surface area contributed by atoms with Crippen LogP contribution >= 0.6 is 0 Å². The van der Waals surface area contributed by atoms with Crippen LogP contribution in [0.25, 0.3) is 0 Å². The molecule has 4 N–H and O–H groups in total. The van der Waals surface area contributed by atoms with Gasteiger partial charge < -0.3 is 26.0 Å². The van der Waals surface area contributed by atoms with E-state index in [1.54, 1.807) is 0 Å². The molecule has 0 aromatic rings. The molecule has 0 bridgehead atoms. The summed E-state index contributed by atoms with van der Waals surface area (Å²) < 4.78 is 0. The highest BCUT2D eigenvalue weighted by Gasteiger charge is 2.23. The van der Waals surface area contributed by atoms with Crippen LogP contribution in [-0.2, 0) is 28.8 Å². The van der Waals surface area contributed by atoms with Crippen molar-refractivity contribution < 1.29 is 33.9 Å². The Morgan fingerprint density at radius 2 is 1.44 bits per heavy atom. The average Bonchev–Trinajstić information content (AvgIpc) is 2.62. The van der Waals surface area contributed by atoms with Crippen molar-refractivity contribution in [3.8, 4) is 0 Å². The lowest BCUT2D eigenvalue weighted by molar-refractivity contribution is -0.147. The molecule has 0 aromatic carbocycles. The summed E-state index contributed by atoms with van der Waals surface area (Å²) in [7, 11) is 2.78. The van der Waals surface area contributed by atoms with Crippen molar-refractivity contribution in [2.24, 2.45) is 5.73 Å². The van der Waals surface area contributed by atoms with Crippen molar-refractivity contribution in [2.75, 3.05) is 40.3 Å². The first-order valence-electron chi connectivity index (χ1n) is 8.28. The van der Waals surface area contributed by atoms with Gasteiger partial charge in [0.15, 0.2) is 5.78 Å². The third-order valence-corrected chi connectivity index (χ3v) is 3.60. The number of Topliss-reactive ketones (excluding diaryl/α,β-unsaturated/α-hetero) is 2. The molecule has 11 heteroatoms. The van der Waals surface area contributed by atoms with E-state index in [2.05, 4.69) is 5.32 Å². The Kier molecular flexibility index (Phi) is 11.2. The van der Waals surface area contributed by atoms with E-state index in [1.807, 2.05) is 0 Å². The van der Waals surface area contributed by atoms with Gasteiger partial charge in [-0.1, -0.05) is 0 Å². The summed E-state index contributed by atoms with van der Waals surface area (Å²) in [5, 5.41) is 11.3. The normalized spacial score (nSPS) is 10.0. The molecule has 0 saturated carbocycles. The average molecular weight is 386 g/mol. The van der Waals surface area contributed by atoms with Crippen molar-refractivity contribution in [1.29, 1.82) is 0 Å². The van der Waals surface area contributed by atoms with Gasteiger partial charge in [-0.15, -0.1) is 0 Å². The lowest BCUT2D eigenvalue weighted by Gasteiger charge is -2.23. The topological polar surface area (TPSA) is 167 Å². The Morgan fingerprint density at radius 3 is 1.96 bits per heavy atom. The van der Waals surface area contributed by atoms with Crippen molar-refractivity contribution in [3.63, 3.8) is 0 Å². The molecule has 152 valence electrons. The number of carboxylic acid groups (broad SMARTS) is 1. The number of likely N-dealkylation sites (N-methyl/N-ethyl adjacent to an activating group) is 1. The van der Waals surface area contributed by atoms with Crippen molar-refractivity contribution in [2.45, 2.75) is 25.7 Å². The number of carbonyl (C=O) groups is 6. The maximum atomic E-state index is 12.2. The minimum absolute atomic E-state index is 0.00381. The summed E-state index contributed by atoms with van der Waals surface area (Å²) in [6, 6.07) is 0. The number of rotatable bonds is 13. The number of carbonyl (C=O) groups excluding carboxylic acids is 5. The van der Waals surface area contributed by atoms with E-state index in [-0.39, 0.29) is 56.2 Å². The number of nitrogens with zero attached hydrogens (tertiary/aromatic N) is 2. The molecule has 0 aliphatic heterocycles. The second kappa shape index (κ2) is 12.5. The summed E-state index contributed by atoms with van der Waals surface area (Å²) in [6.45, 7) is -1.75. The Hall–Kier alpha value is -2.82. The van der Waals surface area contributed by atoms with E-state index >= 15 is 0 Å². The van der Waals surface area contributed by atoms with Gasteiger partial charge >= 0.3 is 5.97 Å². The molecule has 0 aliphatic carbocycles. The van der Waals surface area contributed by atoms with Crippen LogP contribution in [0, 0.1) is 0 Å². The number of nitrogens with one attached hydrogen (secondary N) is 1. The molecule has 0 atom stereocenters. The van der Waals surface area contributed by atoms with Crippen LogP contribution in [0.2, 0.25) is 0 Å². The van der Waals surface area contributed by atoms with Gasteiger partial charge in [-0.05, 0) is 0 Å². The number of ketones is 2. The van der Waals surface area contributed by atoms with E-state index < -0.39 is 30.9 Å². The molecule has 0 fully saturated rings. The van der Waals surface area contributed by atoms with Crippen molar-refractivity contribution >= 4 is 35.3 Å². The van der Waals surface area contributed by atoms with Gasteiger partial charge in [-0.25, -0.2) is 0 Å². The van der Waals surface area contributed by atoms with E-state index in [1.165, 1.54) is 14.1 Å². The predicted molar refractivity (Wildman–Crippen MR) is 93.5 cm³/mol. The van der Waals surface area contributed by atoms with Crippen LogP contribution in [0.4, 0.5) is 0 Å². The molecular formula is C16H26N4O7. The molecule has 0 radical (unpaired) electrons. The van der Waals surface area contributed by atoms with Crippen molar-refractivity contribution in [1.82, 2.24) is 15.1 Å². The summed E-state index contributed by atoms with van der Waals surface area (Å²) in [5.41, 5.74) is 5.15. The lowest BCUT2D eigenvalue weighted by atomic mass is 10.2. The number of amides is 3. The van der Waals surface area contributed by atoms with Crippen LogP contribution in [0.1, 0.15) is 25.7 Å². The first-order chi connectivity index (χ1) is 12.6. The van der Waals surface area contributed by atoms with Crippen LogP contribution in [0.3, 0.4) is 0 Å². The Bertz CT molecular complexity index is 591. The quantitative estimate of drug-likeness (QED) is 0.319.